The van der Waals surface area contributed by atoms with E-state index in [4.69, 9.17) is 10.9 Å². The highest BCUT2D eigenvalue weighted by atomic mass is 16.4. The zero-order chi connectivity index (χ0) is 14.6. The molecule has 0 spiro atoms. The van der Waals surface area contributed by atoms with E-state index >= 15 is 0 Å². The van der Waals surface area contributed by atoms with E-state index in [-0.39, 0.29) is 11.7 Å². The molecule has 5 heteroatoms. The Morgan fingerprint density at radius 3 is 2.75 bits per heavy atom. The van der Waals surface area contributed by atoms with E-state index in [2.05, 4.69) is 17.4 Å². The van der Waals surface area contributed by atoms with Crippen molar-refractivity contribution in [2.75, 3.05) is 5.32 Å². The van der Waals surface area contributed by atoms with Gasteiger partial charge in [-0.1, -0.05) is 37.1 Å². The predicted molar refractivity (Wildman–Crippen MR) is 78.8 cm³/mol. The van der Waals surface area contributed by atoms with Gasteiger partial charge in [-0.15, -0.1) is 0 Å². The number of hydrogen-bond acceptors (Lipinski definition) is 3. The molecule has 20 heavy (non-hydrogen) atoms. The highest BCUT2D eigenvalue weighted by Crippen LogP contribution is 2.39. The van der Waals surface area contributed by atoms with Crippen molar-refractivity contribution in [2.24, 2.45) is 16.3 Å². The standard InChI is InChI=1S/C15H21N3O2/c1-2-11-6-5-7-12(10-11)17-14(19)15(13(16)18-20)8-3-4-9-15/h5-7,10,20H,2-4,8-9H2,1H3,(H2,16,18)(H,17,19). The van der Waals surface area contributed by atoms with Crippen LogP contribution in [0, 0.1) is 5.41 Å². The average Bonchev–Trinajstić information content (AvgIpc) is 2.97. The van der Waals surface area contributed by atoms with Gasteiger partial charge in [0.2, 0.25) is 5.91 Å². The van der Waals surface area contributed by atoms with E-state index in [0.29, 0.717) is 12.8 Å². The van der Waals surface area contributed by atoms with E-state index in [1.165, 1.54) is 0 Å². The largest absolute Gasteiger partial charge is 0.409 e. The molecule has 1 aliphatic rings. The highest BCUT2D eigenvalue weighted by molar-refractivity contribution is 6.12. The summed E-state index contributed by atoms with van der Waals surface area (Å²) in [5.74, 6) is -0.169. The van der Waals surface area contributed by atoms with Gasteiger partial charge in [0.15, 0.2) is 5.84 Å². The number of rotatable bonds is 4. The van der Waals surface area contributed by atoms with E-state index < -0.39 is 5.41 Å². The first-order valence-electron chi connectivity index (χ1n) is 7.01. The number of carbonyl (C=O) groups is 1. The fourth-order valence-corrected chi connectivity index (χ4v) is 2.79. The Morgan fingerprint density at radius 2 is 2.15 bits per heavy atom. The molecule has 1 amide bonds. The van der Waals surface area contributed by atoms with Gasteiger partial charge in [0.25, 0.3) is 0 Å². The van der Waals surface area contributed by atoms with Crippen molar-refractivity contribution < 1.29 is 10.0 Å². The smallest absolute Gasteiger partial charge is 0.238 e. The van der Waals surface area contributed by atoms with Gasteiger partial charge in [0.1, 0.15) is 5.41 Å². The van der Waals surface area contributed by atoms with Crippen molar-refractivity contribution in [2.45, 2.75) is 39.0 Å². The lowest BCUT2D eigenvalue weighted by Gasteiger charge is -2.26. The van der Waals surface area contributed by atoms with Crippen LogP contribution in [-0.4, -0.2) is 17.0 Å². The van der Waals surface area contributed by atoms with Gasteiger partial charge < -0.3 is 16.3 Å². The van der Waals surface area contributed by atoms with Crippen LogP contribution in [0.2, 0.25) is 0 Å². The first-order chi connectivity index (χ1) is 9.62. The molecular weight excluding hydrogens is 254 g/mol. The monoisotopic (exact) mass is 275 g/mol. The second-order valence-electron chi connectivity index (χ2n) is 5.28. The molecule has 0 aliphatic heterocycles. The summed E-state index contributed by atoms with van der Waals surface area (Å²) in [5, 5.41) is 14.9. The molecular formula is C15H21N3O2. The molecule has 2 rings (SSSR count). The molecule has 0 atom stereocenters. The number of amidine groups is 1. The molecule has 0 heterocycles. The highest BCUT2D eigenvalue weighted by Gasteiger charge is 2.45. The first-order valence-corrected chi connectivity index (χ1v) is 7.01. The average molecular weight is 275 g/mol. The molecule has 1 fully saturated rings. The van der Waals surface area contributed by atoms with Crippen LogP contribution in [0.25, 0.3) is 0 Å². The number of nitrogens with zero attached hydrogens (tertiary/aromatic N) is 1. The lowest BCUT2D eigenvalue weighted by Crippen LogP contribution is -2.45. The fraction of sp³-hybridized carbons (Fsp3) is 0.467. The summed E-state index contributed by atoms with van der Waals surface area (Å²) < 4.78 is 0. The van der Waals surface area contributed by atoms with E-state index in [0.717, 1.165) is 30.5 Å². The summed E-state index contributed by atoms with van der Waals surface area (Å²) in [7, 11) is 0. The minimum atomic E-state index is -0.864. The van der Waals surface area contributed by atoms with Crippen LogP contribution in [0.1, 0.15) is 38.2 Å². The Morgan fingerprint density at radius 1 is 1.45 bits per heavy atom. The van der Waals surface area contributed by atoms with Crippen molar-refractivity contribution in [3.63, 3.8) is 0 Å². The first kappa shape index (κ1) is 14.4. The quantitative estimate of drug-likeness (QED) is 0.341. The molecule has 1 aromatic carbocycles. The van der Waals surface area contributed by atoms with Crippen molar-refractivity contribution in [3.8, 4) is 0 Å². The van der Waals surface area contributed by atoms with Crippen molar-refractivity contribution >= 4 is 17.4 Å². The summed E-state index contributed by atoms with van der Waals surface area (Å²) in [4.78, 5) is 12.6. The van der Waals surface area contributed by atoms with Crippen LogP contribution in [-0.2, 0) is 11.2 Å². The van der Waals surface area contributed by atoms with Crippen LogP contribution < -0.4 is 11.1 Å². The van der Waals surface area contributed by atoms with Gasteiger partial charge in [0, 0.05) is 5.69 Å². The second-order valence-corrected chi connectivity index (χ2v) is 5.28. The molecule has 1 aromatic rings. The Balaban J connectivity index is 2.21. The maximum absolute atomic E-state index is 12.6. The van der Waals surface area contributed by atoms with Crippen molar-refractivity contribution in [1.82, 2.24) is 0 Å². The van der Waals surface area contributed by atoms with Crippen molar-refractivity contribution in [1.29, 1.82) is 0 Å². The van der Waals surface area contributed by atoms with Crippen LogP contribution in [0.3, 0.4) is 0 Å². The molecule has 4 N–H and O–H groups in total. The molecule has 108 valence electrons. The number of hydrogen-bond donors (Lipinski definition) is 3. The summed E-state index contributed by atoms with van der Waals surface area (Å²) in [6.07, 6.45) is 4.00. The Bertz CT molecular complexity index is 520. The van der Waals surface area contributed by atoms with Crippen molar-refractivity contribution in [3.05, 3.63) is 29.8 Å². The van der Waals surface area contributed by atoms with E-state index in [1.54, 1.807) is 0 Å². The summed E-state index contributed by atoms with van der Waals surface area (Å²) in [5.41, 5.74) is 6.81. The van der Waals surface area contributed by atoms with E-state index in [9.17, 15) is 4.79 Å². The summed E-state index contributed by atoms with van der Waals surface area (Å²) in [6.45, 7) is 2.07. The zero-order valence-corrected chi connectivity index (χ0v) is 11.7. The third kappa shape index (κ3) is 2.61. The predicted octanol–water partition coefficient (Wildman–Crippen LogP) is 2.49. The number of oxime groups is 1. The van der Waals surface area contributed by atoms with E-state index in [1.807, 2.05) is 24.3 Å². The minimum absolute atomic E-state index is 0.0131. The molecule has 0 bridgehead atoms. The second kappa shape index (κ2) is 5.94. The molecule has 1 aliphatic carbocycles. The molecule has 5 nitrogen and oxygen atoms in total. The van der Waals surface area contributed by atoms with Crippen LogP contribution in [0.4, 0.5) is 5.69 Å². The lowest BCUT2D eigenvalue weighted by molar-refractivity contribution is -0.122. The van der Waals surface area contributed by atoms with Crippen LogP contribution >= 0.6 is 0 Å². The number of nitrogens with two attached hydrogens (primary N) is 1. The zero-order valence-electron chi connectivity index (χ0n) is 11.7. The normalized spacial score (nSPS) is 17.9. The van der Waals surface area contributed by atoms with Gasteiger partial charge in [-0.25, -0.2) is 0 Å². The number of amides is 1. The fourth-order valence-electron chi connectivity index (χ4n) is 2.79. The molecule has 0 saturated heterocycles. The number of aryl methyl sites for hydroxylation is 1. The number of carbonyl (C=O) groups excluding carboxylic acids is 1. The Kier molecular flexibility index (Phi) is 4.27. The SMILES string of the molecule is CCc1cccc(NC(=O)C2(C(N)=NO)CCCC2)c1. The number of anilines is 1. The van der Waals surface area contributed by atoms with Gasteiger partial charge in [-0.05, 0) is 37.0 Å². The minimum Gasteiger partial charge on any atom is -0.409 e. The third-order valence-corrected chi connectivity index (χ3v) is 4.08. The molecule has 1 saturated carbocycles. The molecule has 0 radical (unpaired) electrons. The van der Waals surface area contributed by atoms with Gasteiger partial charge in [-0.3, -0.25) is 4.79 Å². The lowest BCUT2D eigenvalue weighted by atomic mass is 9.83. The molecule has 0 aromatic heterocycles. The number of nitrogens with one attached hydrogen (secondary N) is 1. The van der Waals surface area contributed by atoms with Gasteiger partial charge in [0.05, 0.1) is 0 Å². The van der Waals surface area contributed by atoms with Gasteiger partial charge >= 0.3 is 0 Å². The van der Waals surface area contributed by atoms with Crippen LogP contribution in [0.5, 0.6) is 0 Å². The maximum Gasteiger partial charge on any atom is 0.238 e. The Labute approximate surface area is 118 Å². The maximum atomic E-state index is 12.6. The van der Waals surface area contributed by atoms with Crippen LogP contribution in [0.15, 0.2) is 29.4 Å². The Hall–Kier alpha value is -2.04. The number of benzene rings is 1. The van der Waals surface area contributed by atoms with Gasteiger partial charge in [-0.2, -0.15) is 0 Å². The molecule has 0 unspecified atom stereocenters. The summed E-state index contributed by atoms with van der Waals surface area (Å²) in [6, 6.07) is 7.74. The topological polar surface area (TPSA) is 87.7 Å². The third-order valence-electron chi connectivity index (χ3n) is 4.08. The summed E-state index contributed by atoms with van der Waals surface area (Å²) >= 11 is 0.